The first-order valence-electron chi connectivity index (χ1n) is 41.4. The predicted octanol–water partition coefficient (Wildman–Crippen LogP) is -0.182. The van der Waals surface area contributed by atoms with Crippen molar-refractivity contribution in [2.45, 2.75) is 223 Å². The molecule has 0 radical (unpaired) electrons. The first-order chi connectivity index (χ1) is 59.0. The van der Waals surface area contributed by atoms with Crippen LogP contribution in [0.1, 0.15) is 147 Å². The van der Waals surface area contributed by atoms with Gasteiger partial charge in [-0.05, 0) is 155 Å². The number of nitrogens with one attached hydrogen (secondary N) is 13. The number of aromatic amines is 3. The van der Waals surface area contributed by atoms with Gasteiger partial charge in [0.2, 0.25) is 82.7 Å². The minimum absolute atomic E-state index is 0.0123. The van der Waals surface area contributed by atoms with E-state index in [-0.39, 0.29) is 121 Å². The van der Waals surface area contributed by atoms with Gasteiger partial charge >= 0.3 is 5.97 Å². The number of unbranched alkanes of at least 4 members (excludes halogenated alkanes) is 1. The number of aromatic hydroxyl groups is 1. The van der Waals surface area contributed by atoms with E-state index in [0.717, 1.165) is 34.3 Å². The van der Waals surface area contributed by atoms with Gasteiger partial charge in [-0.25, -0.2) is 9.78 Å². The molecule has 0 unspecified atom stereocenters. The van der Waals surface area contributed by atoms with Crippen molar-refractivity contribution in [3.63, 3.8) is 0 Å². The maximum absolute atomic E-state index is 15.1. The Morgan fingerprint density at radius 2 is 0.968 bits per heavy atom. The Labute approximate surface area is 721 Å². The highest BCUT2D eigenvalue weighted by Crippen LogP contribution is 2.26. The van der Waals surface area contributed by atoms with Gasteiger partial charge in [0, 0.05) is 92.5 Å². The van der Waals surface area contributed by atoms with Gasteiger partial charge in [-0.2, -0.15) is 11.8 Å². The summed E-state index contributed by atoms with van der Waals surface area (Å²) >= 11 is 1.37. The molecule has 5 heterocycles. The lowest BCUT2D eigenvalue weighted by molar-refractivity contribution is -0.143. The van der Waals surface area contributed by atoms with Crippen molar-refractivity contribution in [1.29, 1.82) is 0 Å². The lowest BCUT2D eigenvalue weighted by Gasteiger charge is -2.31. The molecular formula is C84H118N20O19S. The van der Waals surface area contributed by atoms with Gasteiger partial charge in [-0.15, -0.1) is 0 Å². The molecule has 674 valence electrons. The Balaban J connectivity index is 0.00000516. The number of likely N-dealkylation sites (tertiary alicyclic amines) is 2. The highest BCUT2D eigenvalue weighted by molar-refractivity contribution is 7.98. The van der Waals surface area contributed by atoms with Crippen LogP contribution in [0.4, 0.5) is 0 Å². The Morgan fingerprint density at radius 3 is 1.48 bits per heavy atom. The smallest absolute Gasteiger partial charge is 0.326 e. The second kappa shape index (κ2) is 49.0. The summed E-state index contributed by atoms with van der Waals surface area (Å²) in [4.78, 5) is 235. The number of imidazole rings is 1. The number of carbonyl (C=O) groups is 16. The number of phenolic OH excluding ortho intramolecular Hbond substituents is 1. The summed E-state index contributed by atoms with van der Waals surface area (Å²) in [6.45, 7) is 7.73. The number of hydrogen-bond donors (Lipinski definition) is 20. The molecule has 0 bridgehead atoms. The molecule has 2 fully saturated rings. The van der Waals surface area contributed by atoms with E-state index in [1.54, 1.807) is 58.6 Å². The topological polar surface area (TPSA) is 625 Å². The number of rotatable bonds is 48. The van der Waals surface area contributed by atoms with Crippen molar-refractivity contribution in [3.8, 4) is 5.75 Å². The van der Waals surface area contributed by atoms with Crippen LogP contribution in [0, 0.1) is 11.8 Å². The van der Waals surface area contributed by atoms with Gasteiger partial charge < -0.3 is 116 Å². The molecule has 2 aliphatic rings. The van der Waals surface area contributed by atoms with Crippen molar-refractivity contribution >= 4 is 128 Å². The molecule has 0 aliphatic carbocycles. The fourth-order valence-electron chi connectivity index (χ4n) is 14.7. The minimum Gasteiger partial charge on any atom is -0.508 e. The number of phenols is 1. The zero-order chi connectivity index (χ0) is 90.9. The largest absolute Gasteiger partial charge is 0.508 e. The molecule has 8 rings (SSSR count). The van der Waals surface area contributed by atoms with Crippen LogP contribution in [-0.4, -0.2) is 250 Å². The molecule has 6 aromatic rings. The Morgan fingerprint density at radius 1 is 0.516 bits per heavy atom. The van der Waals surface area contributed by atoms with Crippen LogP contribution in [0.25, 0.3) is 21.8 Å². The van der Waals surface area contributed by atoms with Gasteiger partial charge in [0.15, 0.2) is 0 Å². The average molecular weight is 1740 g/mol. The molecule has 14 amide bonds. The number of carboxylic acids is 2. The number of nitrogens with zero attached hydrogens (tertiary/aromatic N) is 3. The van der Waals surface area contributed by atoms with E-state index in [4.69, 9.17) is 32.8 Å². The van der Waals surface area contributed by atoms with E-state index < -0.39 is 180 Å². The van der Waals surface area contributed by atoms with Crippen molar-refractivity contribution < 1.29 is 92.0 Å². The van der Waals surface area contributed by atoms with E-state index in [2.05, 4.69) is 73.1 Å². The molecule has 2 saturated heterocycles. The highest BCUT2D eigenvalue weighted by Gasteiger charge is 2.43. The van der Waals surface area contributed by atoms with Crippen LogP contribution in [-0.2, 0) is 102 Å². The summed E-state index contributed by atoms with van der Waals surface area (Å²) < 4.78 is 0. The molecule has 0 saturated carbocycles. The molecule has 3 aromatic carbocycles. The number of thioether (sulfide) groups is 1. The van der Waals surface area contributed by atoms with Crippen LogP contribution in [0.5, 0.6) is 5.75 Å². The Kier molecular flexibility index (Phi) is 39.0. The van der Waals surface area contributed by atoms with Crippen LogP contribution in [0.15, 0.2) is 97.7 Å². The Hall–Kier alpha value is -12.5. The number of nitrogens with two attached hydrogens (primary N) is 4. The van der Waals surface area contributed by atoms with Crippen LogP contribution < -0.4 is 76.1 Å². The molecule has 2 aliphatic heterocycles. The lowest BCUT2D eigenvalue weighted by Crippen LogP contribution is -2.61. The van der Waals surface area contributed by atoms with Gasteiger partial charge in [0.1, 0.15) is 72.2 Å². The van der Waals surface area contributed by atoms with Gasteiger partial charge in [-0.3, -0.25) is 71.9 Å². The first-order valence-corrected chi connectivity index (χ1v) is 42.8. The van der Waals surface area contributed by atoms with E-state index in [0.29, 0.717) is 48.3 Å². The number of carbonyl (C=O) groups excluding carboxylic acids is 14. The summed E-state index contributed by atoms with van der Waals surface area (Å²) in [6, 6.07) is 4.45. The summed E-state index contributed by atoms with van der Waals surface area (Å²) in [6.07, 6.45) is 7.96. The SMILES string of the molecule is CC(=O)O.CSCC[C@H](NC(=O)[C@@H]1CCCN1C(=O)[C@H](CCC(N)=O)NC(=O)CNC(=O)[C@@H]1CCCN1C(=O)[C@H](CCCCN)NC(=O)[C@H](CC(C)C)NC(=O)[C@H](CCC(N)=O)NC(=O)[C@H](CC(C)C)NC(=O)[C@H](Cc1c[nH]c2ccccc12)NC(=O)[C@H](Cc1c[nH]cn1)NC(=O)[C@@H](N)Cc1c[nH]c2ccccc12)C(=O)N[C@@H](Cc1ccc(O)cc1)C(=O)O. The number of fused-ring (bicyclic) bond motifs is 2. The fourth-order valence-corrected chi connectivity index (χ4v) is 15.2. The molecule has 39 nitrogen and oxygen atoms in total. The first kappa shape index (κ1) is 98.7. The predicted molar refractivity (Wildman–Crippen MR) is 459 cm³/mol. The summed E-state index contributed by atoms with van der Waals surface area (Å²) in [7, 11) is 0. The van der Waals surface area contributed by atoms with E-state index in [9.17, 15) is 77.3 Å². The standard InChI is InChI=1S/C82H114N20O17S.C2H4O2/c1-45(2)34-61(98-76(112)63(38-49-41-89-56-17-9-7-15-53(49)56)99-77(113)64(39-50-42-87-44-91-50)96-71(107)54(84)37-48-40-88-55-16-8-6-14-52(48)55)74(110)93-57(25-27-68(85)104)72(108)97-62(35-46(3)4)75(111)95-59(18-10-11-30-83)80(116)101-31-12-19-66(101)78(114)90-43-70(106)92-60(26-28-69(86)105)81(117)102-32-13-20-67(102)79(115)94-58(29-33-120-5)73(109)100-65(82(118)119)36-47-21-23-51(103)24-22-47;1-2(3)4/h6-9,14-17,21-24,40-42,44-46,54,57-67,88-89,103H,10-13,18-20,25-39,43,83-84H2,1-5H3,(H2,85,104)(H2,86,105)(H,87,91)(H,90,114)(H,92,106)(H,93,110)(H,94,115)(H,95,111)(H,96,107)(H,97,108)(H,98,112)(H,99,113)(H,100,109)(H,118,119);1H3,(H,3,4)/t54-,57-,58-,59-,60-,61-,62-,63-,64-,65-,66-,67-;/m0./s1. The number of hydrogen-bond acceptors (Lipinski definition) is 21. The second-order valence-corrected chi connectivity index (χ2v) is 32.8. The van der Waals surface area contributed by atoms with Crippen molar-refractivity contribution in [2.24, 2.45) is 34.8 Å². The summed E-state index contributed by atoms with van der Waals surface area (Å²) in [5.74, 6) is -13.7. The molecule has 24 N–H and O–H groups in total. The molecule has 3 aromatic heterocycles. The van der Waals surface area contributed by atoms with Crippen molar-refractivity contribution in [2.75, 3.05) is 38.2 Å². The highest BCUT2D eigenvalue weighted by atomic mass is 32.2. The molecule has 40 heteroatoms. The van der Waals surface area contributed by atoms with Gasteiger partial charge in [-0.1, -0.05) is 76.2 Å². The number of H-pyrrole nitrogens is 3. The number of carboxylic acid groups (broad SMARTS) is 2. The summed E-state index contributed by atoms with van der Waals surface area (Å²) in [5.41, 5.74) is 27.4. The fraction of sp³-hybridized carbons (Fsp3) is 0.512. The maximum atomic E-state index is 15.1. The number of benzene rings is 3. The van der Waals surface area contributed by atoms with Crippen molar-refractivity contribution in [1.82, 2.24) is 82.9 Å². The molecular weight excluding hydrogens is 1630 g/mol. The maximum Gasteiger partial charge on any atom is 0.326 e. The zero-order valence-corrected chi connectivity index (χ0v) is 71.3. The average Bonchev–Trinajstić information content (AvgIpc) is 1.67. The van der Waals surface area contributed by atoms with E-state index in [1.807, 2.05) is 42.5 Å². The normalized spacial score (nSPS) is 16.1. The molecule has 0 spiro atoms. The Bertz CT molecular complexity index is 4670. The molecule has 12 atom stereocenters. The van der Waals surface area contributed by atoms with Crippen LogP contribution in [0.2, 0.25) is 0 Å². The van der Waals surface area contributed by atoms with E-state index >= 15 is 4.79 Å². The van der Waals surface area contributed by atoms with Crippen LogP contribution in [0.3, 0.4) is 0 Å². The number of aromatic nitrogens is 4. The number of aliphatic carboxylic acids is 2. The number of amides is 14. The molecule has 124 heavy (non-hydrogen) atoms. The van der Waals surface area contributed by atoms with Crippen molar-refractivity contribution in [3.05, 3.63) is 120 Å². The third kappa shape index (κ3) is 30.8. The quantitative estimate of drug-likeness (QED) is 0.0220. The monoisotopic (exact) mass is 1740 g/mol. The zero-order valence-electron chi connectivity index (χ0n) is 70.5. The second-order valence-electron chi connectivity index (χ2n) is 31.8. The summed E-state index contributed by atoms with van der Waals surface area (Å²) in [5, 5.41) is 55.6. The third-order valence-corrected chi connectivity index (χ3v) is 21.6. The third-order valence-electron chi connectivity index (χ3n) is 21.0. The van der Waals surface area contributed by atoms with Gasteiger partial charge in [0.25, 0.3) is 5.97 Å². The number of para-hydroxylation sites is 2. The number of primary amides is 2. The minimum atomic E-state index is -1.58. The van der Waals surface area contributed by atoms with E-state index in [1.165, 1.54) is 52.2 Å². The lowest BCUT2D eigenvalue weighted by atomic mass is 9.99. The van der Waals surface area contributed by atoms with Gasteiger partial charge in [0.05, 0.1) is 24.6 Å². The van der Waals surface area contributed by atoms with Crippen LogP contribution >= 0.6 is 11.8 Å².